The number of amides is 1. The van der Waals surface area contributed by atoms with Gasteiger partial charge in [-0.2, -0.15) is 0 Å². The van der Waals surface area contributed by atoms with E-state index in [0.29, 0.717) is 23.3 Å². The van der Waals surface area contributed by atoms with Gasteiger partial charge in [-0.15, -0.1) is 0 Å². The molecular weight excluding hydrogens is 362 g/mol. The Hall–Kier alpha value is -2.19. The van der Waals surface area contributed by atoms with E-state index in [-0.39, 0.29) is 9.88 Å². The van der Waals surface area contributed by atoms with Crippen LogP contribution in [-0.2, 0) is 9.59 Å². The summed E-state index contributed by atoms with van der Waals surface area (Å²) in [5.41, 5.74) is 0.793. The predicted octanol–water partition coefficient (Wildman–Crippen LogP) is 3.23. The van der Waals surface area contributed by atoms with Crippen molar-refractivity contribution in [1.82, 2.24) is 4.90 Å². The summed E-state index contributed by atoms with van der Waals surface area (Å²) in [5.74, 6) is -2.53. The highest BCUT2D eigenvalue weighted by atomic mass is 32.2. The monoisotopic (exact) mass is 379 g/mol. The molecule has 1 aliphatic rings. The topological polar surface area (TPSA) is 94.9 Å². The summed E-state index contributed by atoms with van der Waals surface area (Å²) in [6.07, 6.45) is 3.44. The van der Waals surface area contributed by atoms with Gasteiger partial charge in [0.2, 0.25) is 0 Å². The minimum absolute atomic E-state index is 0.148. The molecule has 0 aliphatic carbocycles. The summed E-state index contributed by atoms with van der Waals surface area (Å²) >= 11 is 6.25. The van der Waals surface area contributed by atoms with Gasteiger partial charge in [-0.05, 0) is 30.2 Å². The number of unbranched alkanes of at least 4 members (excludes halogenated alkanes) is 1. The van der Waals surface area contributed by atoms with Crippen LogP contribution in [0.5, 0.6) is 0 Å². The van der Waals surface area contributed by atoms with Gasteiger partial charge < -0.3 is 10.2 Å². The quantitative estimate of drug-likeness (QED) is 0.555. The van der Waals surface area contributed by atoms with Crippen LogP contribution < -0.4 is 0 Å². The van der Waals surface area contributed by atoms with Crippen molar-refractivity contribution >= 4 is 52.2 Å². The van der Waals surface area contributed by atoms with Crippen molar-refractivity contribution in [2.45, 2.75) is 32.2 Å². The molecule has 1 saturated heterocycles. The Bertz CT molecular complexity index is 742. The Kier molecular flexibility index (Phi) is 6.33. The number of carboxylic acid groups (broad SMARTS) is 2. The number of carbonyl (C=O) groups is 3. The smallest absolute Gasteiger partial charge is 0.335 e. The number of rotatable bonds is 7. The van der Waals surface area contributed by atoms with Crippen LogP contribution >= 0.6 is 24.0 Å². The summed E-state index contributed by atoms with van der Waals surface area (Å²) in [5, 5.41) is 18.3. The average Bonchev–Trinajstić information content (AvgIpc) is 2.83. The molecule has 1 heterocycles. The third kappa shape index (κ3) is 4.46. The van der Waals surface area contributed by atoms with Crippen LogP contribution in [0.15, 0.2) is 29.2 Å². The third-order valence-corrected chi connectivity index (χ3v) is 5.04. The van der Waals surface area contributed by atoms with E-state index in [1.807, 2.05) is 6.92 Å². The molecule has 6 nitrogen and oxygen atoms in total. The van der Waals surface area contributed by atoms with Crippen molar-refractivity contribution in [3.8, 4) is 0 Å². The van der Waals surface area contributed by atoms with Crippen LogP contribution in [-0.4, -0.2) is 43.3 Å². The van der Waals surface area contributed by atoms with Gasteiger partial charge in [0.25, 0.3) is 5.91 Å². The minimum atomic E-state index is -1.07. The number of thioether (sulfide) groups is 1. The fourth-order valence-electron chi connectivity index (χ4n) is 2.38. The van der Waals surface area contributed by atoms with Crippen molar-refractivity contribution < 1.29 is 24.6 Å². The summed E-state index contributed by atoms with van der Waals surface area (Å²) < 4.78 is 0.224. The van der Waals surface area contributed by atoms with Gasteiger partial charge in [0.05, 0.1) is 10.5 Å². The predicted molar refractivity (Wildman–Crippen MR) is 99.4 cm³/mol. The number of hydrogen-bond acceptors (Lipinski definition) is 5. The van der Waals surface area contributed by atoms with Gasteiger partial charge in [0.15, 0.2) is 0 Å². The number of carbonyl (C=O) groups excluding carboxylic acids is 1. The van der Waals surface area contributed by atoms with Crippen molar-refractivity contribution in [2.75, 3.05) is 0 Å². The zero-order valence-corrected chi connectivity index (χ0v) is 15.1. The number of thiocarbonyl (C=S) groups is 1. The summed E-state index contributed by atoms with van der Waals surface area (Å²) in [4.78, 5) is 36.5. The highest BCUT2D eigenvalue weighted by Crippen LogP contribution is 2.35. The van der Waals surface area contributed by atoms with E-state index in [9.17, 15) is 19.5 Å². The second-order valence-corrected chi connectivity index (χ2v) is 7.15. The fraction of sp³-hybridized carbons (Fsp3) is 0.294. The van der Waals surface area contributed by atoms with Crippen molar-refractivity contribution in [3.63, 3.8) is 0 Å². The number of benzene rings is 1. The van der Waals surface area contributed by atoms with Crippen LogP contribution in [0.4, 0.5) is 0 Å². The first-order chi connectivity index (χ1) is 11.8. The molecule has 25 heavy (non-hydrogen) atoms. The average molecular weight is 379 g/mol. The molecule has 1 fully saturated rings. The summed E-state index contributed by atoms with van der Waals surface area (Å²) in [6.45, 7) is 1.95. The van der Waals surface area contributed by atoms with Crippen molar-refractivity contribution in [3.05, 3.63) is 40.3 Å². The number of aliphatic carboxylic acids is 1. The first-order valence-corrected chi connectivity index (χ1v) is 8.90. The molecule has 1 aliphatic heterocycles. The van der Waals surface area contributed by atoms with Crippen LogP contribution in [0, 0.1) is 0 Å². The van der Waals surface area contributed by atoms with Crippen LogP contribution in [0.25, 0.3) is 6.08 Å². The van der Waals surface area contributed by atoms with Crippen LogP contribution in [0.1, 0.15) is 42.1 Å². The first kappa shape index (κ1) is 19.1. The zero-order chi connectivity index (χ0) is 18.6. The summed E-state index contributed by atoms with van der Waals surface area (Å²) in [7, 11) is 0. The third-order valence-electron chi connectivity index (χ3n) is 3.71. The molecule has 1 aromatic carbocycles. The largest absolute Gasteiger partial charge is 0.480 e. The Balaban J connectivity index is 2.24. The lowest BCUT2D eigenvalue weighted by Gasteiger charge is -2.22. The SMILES string of the molecule is CCCCC(C(=O)O)N1C(=O)C(=Cc2ccc(C(=O)O)cc2)SC1=S. The second-order valence-electron chi connectivity index (χ2n) is 5.48. The molecule has 132 valence electrons. The van der Waals surface area contributed by atoms with E-state index in [4.69, 9.17) is 17.3 Å². The number of nitrogens with zero attached hydrogens (tertiary/aromatic N) is 1. The second kappa shape index (κ2) is 8.26. The Morgan fingerprint density at radius 2 is 1.92 bits per heavy atom. The molecule has 8 heteroatoms. The highest BCUT2D eigenvalue weighted by Gasteiger charge is 2.40. The van der Waals surface area contributed by atoms with Gasteiger partial charge in [-0.1, -0.05) is 55.9 Å². The van der Waals surface area contributed by atoms with E-state index in [2.05, 4.69) is 0 Å². The molecule has 2 rings (SSSR count). The molecule has 2 N–H and O–H groups in total. The number of hydrogen-bond donors (Lipinski definition) is 2. The molecule has 0 spiro atoms. The Morgan fingerprint density at radius 3 is 2.44 bits per heavy atom. The van der Waals surface area contributed by atoms with Crippen LogP contribution in [0.3, 0.4) is 0 Å². The minimum Gasteiger partial charge on any atom is -0.480 e. The molecule has 1 unspecified atom stereocenters. The molecule has 1 amide bonds. The Morgan fingerprint density at radius 1 is 1.28 bits per heavy atom. The van der Waals surface area contributed by atoms with Gasteiger partial charge >= 0.3 is 11.9 Å². The van der Waals surface area contributed by atoms with E-state index < -0.39 is 23.9 Å². The highest BCUT2D eigenvalue weighted by molar-refractivity contribution is 8.26. The van der Waals surface area contributed by atoms with Gasteiger partial charge in [0.1, 0.15) is 10.4 Å². The summed E-state index contributed by atoms with van der Waals surface area (Å²) in [6, 6.07) is 5.09. The van der Waals surface area contributed by atoms with Gasteiger partial charge in [-0.3, -0.25) is 9.69 Å². The lowest BCUT2D eigenvalue weighted by Crippen LogP contribution is -2.43. The molecule has 0 saturated carbocycles. The normalized spacial score (nSPS) is 17.2. The fourth-order valence-corrected chi connectivity index (χ4v) is 3.74. The van der Waals surface area contributed by atoms with Gasteiger partial charge in [0, 0.05) is 0 Å². The zero-order valence-electron chi connectivity index (χ0n) is 13.5. The van der Waals surface area contributed by atoms with Crippen molar-refractivity contribution in [2.24, 2.45) is 0 Å². The van der Waals surface area contributed by atoms with Gasteiger partial charge in [-0.25, -0.2) is 9.59 Å². The van der Waals surface area contributed by atoms with E-state index in [1.54, 1.807) is 18.2 Å². The maximum Gasteiger partial charge on any atom is 0.335 e. The van der Waals surface area contributed by atoms with Crippen LogP contribution in [0.2, 0.25) is 0 Å². The molecule has 0 bridgehead atoms. The number of carboxylic acids is 2. The standard InChI is InChI=1S/C17H17NO5S2/c1-2-3-4-12(16(22)23)18-14(19)13(25-17(18)24)9-10-5-7-11(8-6-10)15(20)21/h5-9,12H,2-4H2,1H3,(H,20,21)(H,22,23). The van der Waals surface area contributed by atoms with E-state index in [1.165, 1.54) is 12.1 Å². The van der Waals surface area contributed by atoms with Crippen molar-refractivity contribution in [1.29, 1.82) is 0 Å². The number of aromatic carboxylic acids is 1. The Labute approximate surface area is 154 Å². The van der Waals surface area contributed by atoms with E-state index in [0.717, 1.165) is 23.1 Å². The molecule has 1 atom stereocenters. The maximum atomic E-state index is 12.6. The first-order valence-electron chi connectivity index (χ1n) is 7.68. The molecular formula is C17H17NO5S2. The maximum absolute atomic E-state index is 12.6. The lowest BCUT2D eigenvalue weighted by molar-refractivity contribution is -0.145. The molecule has 0 radical (unpaired) electrons. The van der Waals surface area contributed by atoms with E-state index >= 15 is 0 Å². The lowest BCUT2D eigenvalue weighted by atomic mass is 10.1. The molecule has 0 aromatic heterocycles. The molecule has 1 aromatic rings.